The first-order valence-corrected chi connectivity index (χ1v) is 6.28. The first kappa shape index (κ1) is 12.2. The smallest absolute Gasteiger partial charge is 0.0711 e. The van der Waals surface area contributed by atoms with Crippen molar-refractivity contribution in [2.24, 2.45) is 0 Å². The Bertz CT molecular complexity index is 400. The zero-order chi connectivity index (χ0) is 12.4. The van der Waals surface area contributed by atoms with E-state index in [0.717, 1.165) is 26.3 Å². The van der Waals surface area contributed by atoms with Gasteiger partial charge in [-0.05, 0) is 31.9 Å². The first-order chi connectivity index (χ1) is 8.11. The highest BCUT2D eigenvalue weighted by Gasteiger charge is 2.21. The van der Waals surface area contributed by atoms with Crippen LogP contribution in [-0.4, -0.2) is 31.2 Å². The number of anilines is 1. The van der Waals surface area contributed by atoms with E-state index in [-0.39, 0.29) is 0 Å². The molecule has 1 aromatic rings. The summed E-state index contributed by atoms with van der Waals surface area (Å²) in [6.45, 7) is 14.7. The van der Waals surface area contributed by atoms with Crippen LogP contribution < -0.4 is 4.90 Å². The highest BCUT2D eigenvalue weighted by atomic mass is 15.4. The molecule has 0 unspecified atom stereocenters. The summed E-state index contributed by atoms with van der Waals surface area (Å²) in [5, 5.41) is 0. The van der Waals surface area contributed by atoms with Crippen molar-refractivity contribution < 1.29 is 0 Å². The Labute approximate surface area is 105 Å². The van der Waals surface area contributed by atoms with Crippen LogP contribution in [0.25, 0.3) is 0 Å². The molecule has 2 heteroatoms. The van der Waals surface area contributed by atoms with Gasteiger partial charge in [-0.15, -0.1) is 6.58 Å². The molecule has 0 aliphatic carbocycles. The van der Waals surface area contributed by atoms with E-state index in [1.54, 1.807) is 0 Å². The topological polar surface area (TPSA) is 6.48 Å². The largest absolute Gasteiger partial charge is 0.357 e. The fraction of sp³-hybridized carbons (Fsp3) is 0.467. The van der Waals surface area contributed by atoms with Gasteiger partial charge < -0.3 is 4.90 Å². The number of hydrogen-bond acceptors (Lipinski definition) is 2. The predicted octanol–water partition coefficient (Wildman–Crippen LogP) is 2.88. The molecule has 0 spiro atoms. The molecule has 1 heterocycles. The van der Waals surface area contributed by atoms with Crippen molar-refractivity contribution in [2.45, 2.75) is 20.8 Å². The fourth-order valence-corrected chi connectivity index (χ4v) is 2.83. The summed E-state index contributed by atoms with van der Waals surface area (Å²) in [4.78, 5) is 4.90. The van der Waals surface area contributed by atoms with Gasteiger partial charge in [0.2, 0.25) is 0 Å². The minimum absolute atomic E-state index is 0.987. The average molecular weight is 230 g/mol. The summed E-state index contributed by atoms with van der Waals surface area (Å²) in [6, 6.07) is 4.55. The van der Waals surface area contributed by atoms with Crippen LogP contribution in [0.1, 0.15) is 16.7 Å². The molecule has 0 N–H and O–H groups in total. The molecule has 1 aromatic carbocycles. The van der Waals surface area contributed by atoms with Crippen LogP contribution in [0, 0.1) is 20.8 Å². The van der Waals surface area contributed by atoms with E-state index in [9.17, 15) is 0 Å². The van der Waals surface area contributed by atoms with Crippen LogP contribution in [0.3, 0.4) is 0 Å². The van der Waals surface area contributed by atoms with Crippen molar-refractivity contribution in [1.29, 1.82) is 0 Å². The zero-order valence-corrected chi connectivity index (χ0v) is 11.2. The summed E-state index contributed by atoms with van der Waals surface area (Å²) >= 11 is 0. The van der Waals surface area contributed by atoms with Crippen LogP contribution >= 0.6 is 0 Å². The maximum absolute atomic E-state index is 3.81. The molecule has 92 valence electrons. The molecule has 0 aromatic heterocycles. The first-order valence-electron chi connectivity index (χ1n) is 6.28. The Kier molecular flexibility index (Phi) is 3.53. The van der Waals surface area contributed by atoms with Crippen molar-refractivity contribution >= 4 is 5.69 Å². The maximum Gasteiger partial charge on any atom is 0.0711 e. The number of benzene rings is 1. The number of aryl methyl sites for hydroxylation is 3. The second-order valence-corrected chi connectivity index (χ2v) is 5.02. The van der Waals surface area contributed by atoms with Crippen molar-refractivity contribution in [3.05, 3.63) is 41.5 Å². The third kappa shape index (κ3) is 2.52. The second kappa shape index (κ2) is 4.92. The minimum atomic E-state index is 0.987. The SMILES string of the molecule is C=CCN1CCN(c2c(C)cc(C)cc2C)C1. The van der Waals surface area contributed by atoms with E-state index in [4.69, 9.17) is 0 Å². The summed E-state index contributed by atoms with van der Waals surface area (Å²) in [5.41, 5.74) is 5.55. The monoisotopic (exact) mass is 230 g/mol. The Hall–Kier alpha value is -1.28. The molecule has 0 saturated carbocycles. The van der Waals surface area contributed by atoms with Crippen LogP contribution in [0.4, 0.5) is 5.69 Å². The lowest BCUT2D eigenvalue weighted by Crippen LogP contribution is -2.26. The molecule has 0 atom stereocenters. The van der Waals surface area contributed by atoms with E-state index >= 15 is 0 Å². The van der Waals surface area contributed by atoms with Gasteiger partial charge in [-0.1, -0.05) is 23.8 Å². The molecule has 1 fully saturated rings. The van der Waals surface area contributed by atoms with Gasteiger partial charge in [0.15, 0.2) is 0 Å². The fourth-order valence-electron chi connectivity index (χ4n) is 2.83. The van der Waals surface area contributed by atoms with Crippen LogP contribution in [0.2, 0.25) is 0 Å². The lowest BCUT2D eigenvalue weighted by Gasteiger charge is -2.24. The van der Waals surface area contributed by atoms with E-state index < -0.39 is 0 Å². The van der Waals surface area contributed by atoms with Crippen molar-refractivity contribution in [3.8, 4) is 0 Å². The van der Waals surface area contributed by atoms with Crippen molar-refractivity contribution in [2.75, 3.05) is 31.2 Å². The molecule has 17 heavy (non-hydrogen) atoms. The van der Waals surface area contributed by atoms with Gasteiger partial charge in [-0.3, -0.25) is 4.90 Å². The summed E-state index contributed by atoms with van der Waals surface area (Å²) in [6.07, 6.45) is 1.98. The molecular formula is C15H22N2. The summed E-state index contributed by atoms with van der Waals surface area (Å²) in [7, 11) is 0. The molecule has 0 amide bonds. The number of rotatable bonds is 3. The third-order valence-corrected chi connectivity index (χ3v) is 3.40. The van der Waals surface area contributed by atoms with Gasteiger partial charge in [0.25, 0.3) is 0 Å². The highest BCUT2D eigenvalue weighted by Crippen LogP contribution is 2.28. The lowest BCUT2D eigenvalue weighted by molar-refractivity contribution is 0.380. The standard InChI is InChI=1S/C15H22N2/c1-5-6-16-7-8-17(11-16)15-13(3)9-12(2)10-14(15)4/h5,9-10H,1,6-8,11H2,2-4H3. The summed E-state index contributed by atoms with van der Waals surface area (Å²) < 4.78 is 0. The van der Waals surface area contributed by atoms with Gasteiger partial charge in [0.1, 0.15) is 0 Å². The molecule has 1 aliphatic heterocycles. The lowest BCUT2D eigenvalue weighted by atomic mass is 10.0. The van der Waals surface area contributed by atoms with Gasteiger partial charge in [0.05, 0.1) is 6.67 Å². The molecule has 2 rings (SSSR count). The maximum atomic E-state index is 3.81. The molecule has 2 nitrogen and oxygen atoms in total. The third-order valence-electron chi connectivity index (χ3n) is 3.40. The normalized spacial score (nSPS) is 16.5. The second-order valence-electron chi connectivity index (χ2n) is 5.02. The Balaban J connectivity index is 2.21. The van der Waals surface area contributed by atoms with Gasteiger partial charge in [-0.2, -0.15) is 0 Å². The van der Waals surface area contributed by atoms with Crippen LogP contribution in [-0.2, 0) is 0 Å². The van der Waals surface area contributed by atoms with E-state index in [0.29, 0.717) is 0 Å². The zero-order valence-electron chi connectivity index (χ0n) is 11.2. The van der Waals surface area contributed by atoms with Crippen LogP contribution in [0.15, 0.2) is 24.8 Å². The van der Waals surface area contributed by atoms with E-state index in [1.165, 1.54) is 22.4 Å². The van der Waals surface area contributed by atoms with Crippen molar-refractivity contribution in [1.82, 2.24) is 4.90 Å². The van der Waals surface area contributed by atoms with Gasteiger partial charge in [0, 0.05) is 25.3 Å². The summed E-state index contributed by atoms with van der Waals surface area (Å²) in [5.74, 6) is 0. The molecular weight excluding hydrogens is 208 g/mol. The molecule has 1 saturated heterocycles. The van der Waals surface area contributed by atoms with E-state index in [1.807, 2.05) is 6.08 Å². The quantitative estimate of drug-likeness (QED) is 0.737. The minimum Gasteiger partial charge on any atom is -0.357 e. The molecule has 0 bridgehead atoms. The van der Waals surface area contributed by atoms with E-state index in [2.05, 4.69) is 49.3 Å². The van der Waals surface area contributed by atoms with Gasteiger partial charge in [-0.25, -0.2) is 0 Å². The van der Waals surface area contributed by atoms with Crippen LogP contribution in [0.5, 0.6) is 0 Å². The Morgan fingerprint density at radius 2 is 1.82 bits per heavy atom. The Morgan fingerprint density at radius 3 is 2.41 bits per heavy atom. The average Bonchev–Trinajstić information content (AvgIpc) is 2.65. The molecule has 0 radical (unpaired) electrons. The molecule has 1 aliphatic rings. The number of nitrogens with zero attached hydrogens (tertiary/aromatic N) is 2. The Morgan fingerprint density at radius 1 is 1.18 bits per heavy atom. The number of hydrogen-bond donors (Lipinski definition) is 0. The van der Waals surface area contributed by atoms with Gasteiger partial charge >= 0.3 is 0 Å². The van der Waals surface area contributed by atoms with Crippen molar-refractivity contribution in [3.63, 3.8) is 0 Å². The highest BCUT2D eigenvalue weighted by molar-refractivity contribution is 5.60. The predicted molar refractivity (Wildman–Crippen MR) is 74.6 cm³/mol.